The molecule has 0 amide bonds. The molecule has 0 N–H and O–H groups in total. The van der Waals surface area contributed by atoms with Gasteiger partial charge in [-0.15, -0.1) is 0 Å². The molecule has 7 aromatic rings. The van der Waals surface area contributed by atoms with Gasteiger partial charge in [-0.05, 0) is 58.7 Å². The summed E-state index contributed by atoms with van der Waals surface area (Å²) in [6.45, 7) is 4.49. The van der Waals surface area contributed by atoms with Crippen LogP contribution in [-0.2, 0) is 0 Å². The van der Waals surface area contributed by atoms with Crippen molar-refractivity contribution >= 4 is 51.6 Å². The maximum Gasteiger partial charge on any atom is 0.310 e. The highest BCUT2D eigenvalue weighted by Crippen LogP contribution is 2.47. The average Bonchev–Trinajstić information content (AvgIpc) is 3.19. The Balaban J connectivity index is 1.60. The smallest absolute Gasteiger partial charge is 0.310 e. The minimum absolute atomic E-state index is 0.0495. The van der Waals surface area contributed by atoms with Gasteiger partial charge in [0, 0.05) is 22.9 Å². The van der Waals surface area contributed by atoms with E-state index in [0.717, 1.165) is 32.7 Å². The minimum Gasteiger partial charge on any atom is -0.408 e. The third kappa shape index (κ3) is 4.29. The van der Waals surface area contributed by atoms with E-state index < -0.39 is 8.16 Å². The van der Waals surface area contributed by atoms with E-state index in [-0.39, 0.29) is 12.1 Å². The molecule has 196 valence electrons. The highest BCUT2D eigenvalue weighted by Gasteiger charge is 2.29. The zero-order valence-electron chi connectivity index (χ0n) is 22.6. The van der Waals surface area contributed by atoms with Crippen molar-refractivity contribution in [3.63, 3.8) is 0 Å². The van der Waals surface area contributed by atoms with Gasteiger partial charge in [0.2, 0.25) is 0 Å². The Kier molecular flexibility index (Phi) is 6.40. The van der Waals surface area contributed by atoms with Crippen LogP contribution >= 0.6 is 8.16 Å². The molecule has 0 saturated heterocycles. The van der Waals surface area contributed by atoms with Crippen molar-refractivity contribution in [2.75, 3.05) is 4.67 Å². The lowest BCUT2D eigenvalue weighted by Gasteiger charge is -2.31. The van der Waals surface area contributed by atoms with Crippen LogP contribution in [0.15, 0.2) is 142 Å². The standard InChI is InChI=1S/C36H30NO2P/c1-25(27-13-5-3-6-14-27)37(26(2)28-15-7-4-8-16-28)40-38-33-23-21-29-17-9-11-19-31(29)35(33)36-32-20-12-10-18-30(32)22-24-34(36)39-40/h3-26H,1-2H3. The maximum absolute atomic E-state index is 7.01. The number of benzene rings is 6. The largest absolute Gasteiger partial charge is 0.408 e. The summed E-state index contributed by atoms with van der Waals surface area (Å²) in [6.07, 6.45) is 0. The highest BCUT2D eigenvalue weighted by atomic mass is 31.1. The second kappa shape index (κ2) is 10.4. The first-order valence-corrected chi connectivity index (χ1v) is 14.9. The Morgan fingerprint density at radius 2 is 0.875 bits per heavy atom. The van der Waals surface area contributed by atoms with Crippen LogP contribution in [0, 0.1) is 0 Å². The van der Waals surface area contributed by atoms with Gasteiger partial charge in [0.15, 0.2) is 0 Å². The van der Waals surface area contributed by atoms with Crippen molar-refractivity contribution < 1.29 is 8.39 Å². The Labute approximate surface area is 234 Å². The number of nitrogens with zero attached hydrogens (tertiary/aromatic N) is 1. The quantitative estimate of drug-likeness (QED) is 0.218. The topological polar surface area (TPSA) is 29.5 Å². The van der Waals surface area contributed by atoms with E-state index in [0.29, 0.717) is 0 Å². The zero-order chi connectivity index (χ0) is 27.1. The lowest BCUT2D eigenvalue weighted by molar-refractivity contribution is 0.558. The highest BCUT2D eigenvalue weighted by molar-refractivity contribution is 7.39. The third-order valence-corrected chi connectivity index (χ3v) is 9.71. The van der Waals surface area contributed by atoms with Crippen molar-refractivity contribution in [3.05, 3.63) is 145 Å². The first-order chi connectivity index (χ1) is 19.7. The van der Waals surface area contributed by atoms with E-state index in [2.05, 4.69) is 152 Å². The van der Waals surface area contributed by atoms with Crippen LogP contribution in [-0.4, -0.2) is 0 Å². The maximum atomic E-state index is 7.01. The first kappa shape index (κ1) is 24.7. The summed E-state index contributed by atoms with van der Waals surface area (Å²) in [4.78, 5) is 0. The van der Waals surface area contributed by atoms with Crippen molar-refractivity contribution in [2.24, 2.45) is 0 Å². The van der Waals surface area contributed by atoms with Crippen molar-refractivity contribution in [2.45, 2.75) is 25.9 Å². The molecule has 0 aliphatic rings. The molecule has 0 radical (unpaired) electrons. The summed E-state index contributed by atoms with van der Waals surface area (Å²) in [5.74, 6) is 0. The molecular weight excluding hydrogens is 509 g/mol. The molecule has 40 heavy (non-hydrogen) atoms. The average molecular weight is 540 g/mol. The number of rotatable bonds is 5. The van der Waals surface area contributed by atoms with E-state index in [9.17, 15) is 0 Å². The summed E-state index contributed by atoms with van der Waals surface area (Å²) in [5, 5.41) is 6.88. The van der Waals surface area contributed by atoms with Crippen molar-refractivity contribution in [3.8, 4) is 0 Å². The van der Waals surface area contributed by atoms with E-state index in [1.165, 1.54) is 21.9 Å². The van der Waals surface area contributed by atoms with Gasteiger partial charge in [0.25, 0.3) is 0 Å². The van der Waals surface area contributed by atoms with Gasteiger partial charge >= 0.3 is 8.16 Å². The fourth-order valence-electron chi connectivity index (χ4n) is 5.84. The Bertz CT molecular complexity index is 1860. The van der Waals surface area contributed by atoms with Gasteiger partial charge in [0.1, 0.15) is 11.2 Å². The monoisotopic (exact) mass is 539 g/mol. The number of hydrogen-bond donors (Lipinski definition) is 0. The summed E-state index contributed by atoms with van der Waals surface area (Å²) in [7, 11) is -1.54. The third-order valence-electron chi connectivity index (χ3n) is 7.93. The van der Waals surface area contributed by atoms with Crippen molar-refractivity contribution in [1.29, 1.82) is 0 Å². The Morgan fingerprint density at radius 1 is 0.475 bits per heavy atom. The molecule has 0 aliphatic carbocycles. The Hall–Kier alpha value is -4.30. The molecule has 2 atom stereocenters. The van der Waals surface area contributed by atoms with E-state index in [4.69, 9.17) is 8.39 Å². The van der Waals surface area contributed by atoms with Crippen molar-refractivity contribution in [1.82, 2.24) is 0 Å². The van der Waals surface area contributed by atoms with Gasteiger partial charge in [0.05, 0.1) is 0 Å². The SMILES string of the molecule is CC(c1ccccc1)N(C(C)c1ccccc1)p1oc2ccc3ccccc3c2c2c(ccc3ccccc32)o1. The van der Waals surface area contributed by atoms with E-state index in [1.807, 2.05) is 0 Å². The molecule has 1 heterocycles. The summed E-state index contributed by atoms with van der Waals surface area (Å²) in [6, 6.07) is 47.0. The van der Waals surface area contributed by atoms with Gasteiger partial charge in [-0.1, -0.05) is 121 Å². The summed E-state index contributed by atoms with van der Waals surface area (Å²) in [5.41, 5.74) is 4.15. The molecular formula is C36H30NO2P. The van der Waals surface area contributed by atoms with Gasteiger partial charge in [-0.3, -0.25) is 0 Å². The molecule has 0 bridgehead atoms. The van der Waals surface area contributed by atoms with Crippen LogP contribution in [0.2, 0.25) is 0 Å². The molecule has 0 spiro atoms. The van der Waals surface area contributed by atoms with Crippen LogP contribution in [0.25, 0.3) is 43.5 Å². The van der Waals surface area contributed by atoms with Crippen LogP contribution < -0.4 is 4.67 Å². The number of hydrogen-bond acceptors (Lipinski definition) is 3. The Morgan fingerprint density at radius 3 is 1.32 bits per heavy atom. The molecule has 1 aromatic heterocycles. The van der Waals surface area contributed by atoms with Crippen LogP contribution in [0.1, 0.15) is 37.1 Å². The molecule has 0 aliphatic heterocycles. The van der Waals surface area contributed by atoms with E-state index >= 15 is 0 Å². The predicted octanol–water partition coefficient (Wildman–Crippen LogP) is 11.1. The minimum atomic E-state index is -1.54. The first-order valence-electron chi connectivity index (χ1n) is 13.8. The normalized spacial score (nSPS) is 13.3. The summed E-state index contributed by atoms with van der Waals surface area (Å²) >= 11 is 0. The molecule has 2 unspecified atom stereocenters. The second-order valence-corrected chi connectivity index (χ2v) is 11.6. The molecule has 6 aromatic carbocycles. The van der Waals surface area contributed by atoms with E-state index in [1.54, 1.807) is 0 Å². The fraction of sp³-hybridized carbons (Fsp3) is 0.111. The lowest BCUT2D eigenvalue weighted by Crippen LogP contribution is -2.27. The zero-order valence-corrected chi connectivity index (χ0v) is 23.5. The lowest BCUT2D eigenvalue weighted by atomic mass is 9.99. The second-order valence-electron chi connectivity index (χ2n) is 10.3. The fourth-order valence-corrected chi connectivity index (χ4v) is 7.54. The molecule has 4 heteroatoms. The molecule has 0 fully saturated rings. The molecule has 0 saturated carbocycles. The summed E-state index contributed by atoms with van der Waals surface area (Å²) < 4.78 is 16.4. The molecule has 7 rings (SSSR count). The van der Waals surface area contributed by atoms with Crippen LogP contribution in [0.5, 0.6) is 0 Å². The number of fused-ring (bicyclic) bond motifs is 7. The van der Waals surface area contributed by atoms with Gasteiger partial charge in [-0.2, -0.15) is 4.67 Å². The van der Waals surface area contributed by atoms with Gasteiger partial charge in [-0.25, -0.2) is 0 Å². The van der Waals surface area contributed by atoms with Crippen LogP contribution in [0.3, 0.4) is 0 Å². The van der Waals surface area contributed by atoms with Gasteiger partial charge < -0.3 is 8.39 Å². The van der Waals surface area contributed by atoms with Crippen LogP contribution in [0.4, 0.5) is 0 Å². The molecule has 3 nitrogen and oxygen atoms in total. The predicted molar refractivity (Wildman–Crippen MR) is 169 cm³/mol.